The molecule has 9 atom stereocenters. The molecule has 1 spiro atoms. The largest absolute Gasteiger partial charge is 0.391 e. The molecular weight excluding hydrogens is 363 g/mol. The number of carbonyl (C=O) groups excluding carboxylic acids is 1. The van der Waals surface area contributed by atoms with E-state index < -0.39 is 46.5 Å². The van der Waals surface area contributed by atoms with Crippen LogP contribution in [0.2, 0.25) is 0 Å². The van der Waals surface area contributed by atoms with Crippen molar-refractivity contribution >= 4 is 5.78 Å². The summed E-state index contributed by atoms with van der Waals surface area (Å²) < 4.78 is 22.7. The number of epoxide rings is 1. The van der Waals surface area contributed by atoms with E-state index in [9.17, 15) is 20.1 Å². The summed E-state index contributed by atoms with van der Waals surface area (Å²) in [5, 5.41) is 31.7. The van der Waals surface area contributed by atoms with Crippen molar-refractivity contribution in [3.63, 3.8) is 0 Å². The molecule has 0 aromatic carbocycles. The zero-order chi connectivity index (χ0) is 20.3. The van der Waals surface area contributed by atoms with E-state index in [0.29, 0.717) is 19.3 Å². The Bertz CT molecular complexity index is 824. The van der Waals surface area contributed by atoms with Gasteiger partial charge < -0.3 is 20.1 Å². The van der Waals surface area contributed by atoms with E-state index >= 15 is 4.39 Å². The quantitative estimate of drug-likeness (QED) is 0.594. The number of carbonyl (C=O) groups is 1. The Hall–Kier alpha value is -1.08. The maximum absolute atomic E-state index is 16.9. The molecule has 0 amide bonds. The van der Waals surface area contributed by atoms with Crippen LogP contribution in [0.3, 0.4) is 0 Å². The van der Waals surface area contributed by atoms with Gasteiger partial charge in [-0.1, -0.05) is 25.5 Å². The lowest BCUT2D eigenvalue weighted by Crippen LogP contribution is -2.67. The first-order valence-corrected chi connectivity index (χ1v) is 10.3. The summed E-state index contributed by atoms with van der Waals surface area (Å²) in [4.78, 5) is 11.9. The fourth-order valence-electron chi connectivity index (χ4n) is 7.97. The van der Waals surface area contributed by atoms with Gasteiger partial charge in [0.05, 0.1) is 6.10 Å². The maximum Gasteiger partial charge on any atom is 0.220 e. The maximum atomic E-state index is 16.9. The molecule has 5 nitrogen and oxygen atoms in total. The third-order valence-corrected chi connectivity index (χ3v) is 9.26. The van der Waals surface area contributed by atoms with Gasteiger partial charge in [0.25, 0.3) is 0 Å². The number of hydrogen-bond acceptors (Lipinski definition) is 5. The van der Waals surface area contributed by atoms with Crippen molar-refractivity contribution < 1.29 is 29.2 Å². The van der Waals surface area contributed by atoms with Crippen molar-refractivity contribution in [3.8, 4) is 0 Å². The second-order valence-corrected chi connectivity index (χ2v) is 10.2. The number of hydrogen-bond donors (Lipinski definition) is 3. The predicted molar refractivity (Wildman–Crippen MR) is 98.8 cm³/mol. The minimum atomic E-state index is -1.88. The molecule has 3 N–H and O–H groups in total. The van der Waals surface area contributed by atoms with Crippen molar-refractivity contribution in [1.29, 1.82) is 0 Å². The molecule has 1 saturated heterocycles. The fourth-order valence-corrected chi connectivity index (χ4v) is 7.97. The lowest BCUT2D eigenvalue weighted by atomic mass is 9.45. The van der Waals surface area contributed by atoms with Crippen LogP contribution < -0.4 is 0 Å². The average Bonchev–Trinajstić information content (AvgIpc) is 3.23. The molecule has 0 aromatic heterocycles. The van der Waals surface area contributed by atoms with Gasteiger partial charge in [-0.3, -0.25) is 4.79 Å². The first-order chi connectivity index (χ1) is 13.0. The van der Waals surface area contributed by atoms with Gasteiger partial charge in [-0.25, -0.2) is 4.39 Å². The van der Waals surface area contributed by atoms with E-state index in [2.05, 4.69) is 0 Å². The highest BCUT2D eigenvalue weighted by atomic mass is 19.1. The highest BCUT2D eigenvalue weighted by molar-refractivity contribution is 6.01. The Kier molecular flexibility index (Phi) is 3.48. The van der Waals surface area contributed by atoms with Gasteiger partial charge in [0.1, 0.15) is 12.2 Å². The molecule has 0 aromatic rings. The summed E-state index contributed by atoms with van der Waals surface area (Å²) in [5.74, 6) is -2.29. The molecule has 1 heterocycles. The molecular formula is C22H29FO5. The predicted octanol–water partition coefficient (Wildman–Crippen LogP) is 2.05. The number of ketones is 1. The van der Waals surface area contributed by atoms with Crippen molar-refractivity contribution in [2.24, 2.45) is 28.6 Å². The fraction of sp³-hybridized carbons (Fsp3) is 0.773. The SMILES string of the molecule is CC1C[C@H]2[C@@H]3CCC4=CC(=O)C=C[C@]4(C)[C@@]3(F)C(O)C[C@]2(C)[C@]12OC2(O)CO. The minimum Gasteiger partial charge on any atom is -0.391 e. The number of fused-ring (bicyclic) bond motifs is 6. The standard InChI is InChI=1S/C22H29FO5/c1-12-8-16-15-5-4-13-9-14(25)6-7-18(13,2)21(15,23)17(26)10-19(16,3)22(12)20(27,11-24)28-22/h6-7,9,12,15-17,24,26-27H,4-5,8,10-11H2,1-3H3/t12?,15-,16-,17?,18-,19-,20?,21-,22+/m0/s1. The third kappa shape index (κ3) is 1.72. The molecule has 3 saturated carbocycles. The van der Waals surface area contributed by atoms with Crippen LogP contribution in [0, 0.1) is 28.6 Å². The lowest BCUT2D eigenvalue weighted by Gasteiger charge is -2.61. The normalized spacial score (nSPS) is 59.5. The van der Waals surface area contributed by atoms with Gasteiger partial charge in [-0.05, 0) is 56.6 Å². The van der Waals surface area contributed by atoms with Crippen LogP contribution in [-0.2, 0) is 9.53 Å². The van der Waals surface area contributed by atoms with E-state index in [1.807, 2.05) is 13.8 Å². The Balaban J connectivity index is 1.62. The second kappa shape index (κ2) is 5.15. The molecule has 0 radical (unpaired) electrons. The summed E-state index contributed by atoms with van der Waals surface area (Å²) in [6.07, 6.45) is 5.35. The molecule has 5 aliphatic rings. The van der Waals surface area contributed by atoms with Gasteiger partial charge in [0.15, 0.2) is 11.5 Å². The van der Waals surface area contributed by atoms with E-state index in [0.717, 1.165) is 5.57 Å². The Labute approximate surface area is 164 Å². The first kappa shape index (κ1) is 18.9. The highest BCUT2D eigenvalue weighted by Gasteiger charge is 2.86. The van der Waals surface area contributed by atoms with Gasteiger partial charge >= 0.3 is 0 Å². The lowest BCUT2D eigenvalue weighted by molar-refractivity contribution is -0.197. The van der Waals surface area contributed by atoms with Crippen molar-refractivity contribution in [2.45, 2.75) is 69.6 Å². The van der Waals surface area contributed by atoms with Gasteiger partial charge in [0, 0.05) is 16.7 Å². The summed E-state index contributed by atoms with van der Waals surface area (Å²) in [6, 6.07) is 0. The van der Waals surface area contributed by atoms with Gasteiger partial charge in [-0.15, -0.1) is 0 Å². The second-order valence-electron chi connectivity index (χ2n) is 10.2. The summed E-state index contributed by atoms with van der Waals surface area (Å²) in [7, 11) is 0. The first-order valence-electron chi connectivity index (χ1n) is 10.3. The number of aliphatic hydroxyl groups is 3. The van der Waals surface area contributed by atoms with Crippen molar-refractivity contribution in [2.75, 3.05) is 6.61 Å². The van der Waals surface area contributed by atoms with Crippen LogP contribution in [0.1, 0.15) is 46.5 Å². The van der Waals surface area contributed by atoms with Crippen LogP contribution in [0.4, 0.5) is 4.39 Å². The monoisotopic (exact) mass is 392 g/mol. The number of alkyl halides is 1. The van der Waals surface area contributed by atoms with E-state index in [1.165, 1.54) is 12.2 Å². The van der Waals surface area contributed by atoms with Gasteiger partial charge in [0.2, 0.25) is 5.79 Å². The van der Waals surface area contributed by atoms with Gasteiger partial charge in [-0.2, -0.15) is 0 Å². The summed E-state index contributed by atoms with van der Waals surface area (Å²) in [6.45, 7) is 5.26. The van der Waals surface area contributed by atoms with Crippen molar-refractivity contribution in [1.82, 2.24) is 0 Å². The Morgan fingerprint density at radius 3 is 2.68 bits per heavy atom. The number of ether oxygens (including phenoxy) is 1. The zero-order valence-corrected chi connectivity index (χ0v) is 16.6. The summed E-state index contributed by atoms with van der Waals surface area (Å²) in [5.41, 5.74) is -3.71. The Morgan fingerprint density at radius 2 is 2.04 bits per heavy atom. The minimum absolute atomic E-state index is 0.0533. The third-order valence-electron chi connectivity index (χ3n) is 9.26. The highest BCUT2D eigenvalue weighted by Crippen LogP contribution is 2.77. The molecule has 154 valence electrons. The number of allylic oxidation sites excluding steroid dienone is 4. The van der Waals surface area contributed by atoms with Crippen LogP contribution in [0.25, 0.3) is 0 Å². The van der Waals surface area contributed by atoms with Crippen LogP contribution in [0.15, 0.2) is 23.8 Å². The van der Waals surface area contributed by atoms with Crippen LogP contribution >= 0.6 is 0 Å². The zero-order valence-electron chi connectivity index (χ0n) is 16.6. The smallest absolute Gasteiger partial charge is 0.220 e. The topological polar surface area (TPSA) is 90.3 Å². The summed E-state index contributed by atoms with van der Waals surface area (Å²) >= 11 is 0. The number of halogens is 1. The van der Waals surface area contributed by atoms with Crippen LogP contribution in [0.5, 0.6) is 0 Å². The van der Waals surface area contributed by atoms with E-state index in [1.54, 1.807) is 13.0 Å². The molecule has 0 bridgehead atoms. The van der Waals surface area contributed by atoms with Crippen LogP contribution in [-0.4, -0.2) is 50.9 Å². The van der Waals surface area contributed by atoms with Crippen molar-refractivity contribution in [3.05, 3.63) is 23.8 Å². The molecule has 1 aliphatic heterocycles. The molecule has 28 heavy (non-hydrogen) atoms. The molecule has 4 fully saturated rings. The number of aliphatic hydroxyl groups excluding tert-OH is 2. The molecule has 6 heteroatoms. The molecule has 4 aliphatic carbocycles. The average molecular weight is 392 g/mol. The van der Waals surface area contributed by atoms with E-state index in [-0.39, 0.29) is 24.0 Å². The molecule has 5 rings (SSSR count). The van der Waals surface area contributed by atoms with E-state index in [4.69, 9.17) is 4.74 Å². The Morgan fingerprint density at radius 1 is 1.32 bits per heavy atom. The molecule has 3 unspecified atom stereocenters. The number of rotatable bonds is 1.